The molecule has 2 aromatic rings. The Morgan fingerprint density at radius 1 is 1.22 bits per heavy atom. The number of amidine groups is 1. The fraction of sp³-hybridized carbons (Fsp3) is 0.0625. The predicted molar refractivity (Wildman–Crippen MR) is 98.1 cm³/mol. The second-order valence-electron chi connectivity index (χ2n) is 4.47. The summed E-state index contributed by atoms with van der Waals surface area (Å²) in [5, 5.41) is 17.3. The summed E-state index contributed by atoms with van der Waals surface area (Å²) in [5.74, 6) is -0.336. The maximum atomic E-state index is 11.2. The van der Waals surface area contributed by atoms with E-state index in [1.807, 2.05) is 30.3 Å². The van der Waals surface area contributed by atoms with Crippen molar-refractivity contribution >= 4 is 45.0 Å². The minimum Gasteiger partial charge on any atom is -0.478 e. The van der Waals surface area contributed by atoms with E-state index in [9.17, 15) is 9.90 Å². The molecule has 0 atom stereocenters. The van der Waals surface area contributed by atoms with Crippen molar-refractivity contribution in [2.45, 2.75) is 5.75 Å². The average Bonchev–Trinajstić information content (AvgIpc) is 2.53. The van der Waals surface area contributed by atoms with E-state index in [4.69, 9.17) is 5.73 Å². The minimum absolute atomic E-state index is 0.141. The second-order valence-corrected chi connectivity index (χ2v) is 6.32. The van der Waals surface area contributed by atoms with Gasteiger partial charge in [-0.3, -0.25) is 0 Å². The number of thioether (sulfide) groups is 1. The first kappa shape index (κ1) is 17.2. The summed E-state index contributed by atoms with van der Waals surface area (Å²) in [4.78, 5) is 11.2. The first-order valence-electron chi connectivity index (χ1n) is 6.63. The van der Waals surface area contributed by atoms with Crippen LogP contribution in [0.1, 0.15) is 21.5 Å². The SMILES string of the molecule is NC(=NN=Cc1cccc(Br)c1C(=O)O)SCc1ccccc1. The molecule has 0 heterocycles. The first-order chi connectivity index (χ1) is 11.1. The van der Waals surface area contributed by atoms with Crippen LogP contribution < -0.4 is 5.73 Å². The fourth-order valence-corrected chi connectivity index (χ4v) is 2.95. The highest BCUT2D eigenvalue weighted by Crippen LogP contribution is 2.19. The zero-order valence-corrected chi connectivity index (χ0v) is 14.4. The largest absolute Gasteiger partial charge is 0.478 e. The van der Waals surface area contributed by atoms with Gasteiger partial charge in [0.2, 0.25) is 0 Å². The third kappa shape index (κ3) is 5.22. The number of nitrogens with two attached hydrogens (primary N) is 1. The number of hydrogen-bond acceptors (Lipinski definition) is 4. The summed E-state index contributed by atoms with van der Waals surface area (Å²) in [6.07, 6.45) is 1.38. The van der Waals surface area contributed by atoms with Crippen LogP contribution in [0.25, 0.3) is 0 Å². The first-order valence-corrected chi connectivity index (χ1v) is 8.41. The zero-order valence-electron chi connectivity index (χ0n) is 12.0. The van der Waals surface area contributed by atoms with Gasteiger partial charge in [-0.05, 0) is 27.6 Å². The summed E-state index contributed by atoms with van der Waals surface area (Å²) in [6, 6.07) is 14.9. The van der Waals surface area contributed by atoms with Gasteiger partial charge in [-0.15, -0.1) is 5.10 Å². The average molecular weight is 392 g/mol. The van der Waals surface area contributed by atoms with E-state index >= 15 is 0 Å². The van der Waals surface area contributed by atoms with Gasteiger partial charge >= 0.3 is 5.97 Å². The number of carboxylic acids is 1. The molecule has 0 fully saturated rings. The van der Waals surface area contributed by atoms with Crippen molar-refractivity contribution in [2.75, 3.05) is 0 Å². The van der Waals surface area contributed by atoms with Crippen molar-refractivity contribution in [3.05, 3.63) is 69.7 Å². The molecular formula is C16H14BrN3O2S. The zero-order chi connectivity index (χ0) is 16.7. The number of carbonyl (C=O) groups is 1. The number of nitrogens with zero attached hydrogens (tertiary/aromatic N) is 2. The van der Waals surface area contributed by atoms with Gasteiger partial charge in [0, 0.05) is 15.8 Å². The quantitative estimate of drug-likeness (QED) is 0.461. The molecule has 0 aliphatic carbocycles. The standard InChI is InChI=1S/C16H14BrN3O2S/c17-13-8-4-7-12(14(13)15(21)22)9-19-20-16(18)23-10-11-5-2-1-3-6-11/h1-9H,10H2,(H2,18,20)(H,21,22). The third-order valence-corrected chi connectivity index (χ3v) is 4.36. The van der Waals surface area contributed by atoms with Gasteiger partial charge in [-0.25, -0.2) is 4.79 Å². The molecule has 0 aromatic heterocycles. The molecule has 3 N–H and O–H groups in total. The van der Waals surface area contributed by atoms with Crippen LogP contribution in [0, 0.1) is 0 Å². The molecule has 0 spiro atoms. The molecule has 23 heavy (non-hydrogen) atoms. The van der Waals surface area contributed by atoms with E-state index in [0.717, 1.165) is 5.56 Å². The van der Waals surface area contributed by atoms with Crippen LogP contribution in [0.3, 0.4) is 0 Å². The van der Waals surface area contributed by atoms with Gasteiger partial charge in [-0.1, -0.05) is 54.2 Å². The molecule has 0 aliphatic rings. The van der Waals surface area contributed by atoms with Crippen molar-refractivity contribution in [1.82, 2.24) is 0 Å². The van der Waals surface area contributed by atoms with Crippen molar-refractivity contribution in [3.63, 3.8) is 0 Å². The molecule has 0 unspecified atom stereocenters. The minimum atomic E-state index is -1.03. The Morgan fingerprint density at radius 2 is 1.96 bits per heavy atom. The molecule has 0 saturated heterocycles. The Hall–Kier alpha value is -2.12. The Labute approximate surface area is 146 Å². The normalized spacial score (nSPS) is 11.8. The van der Waals surface area contributed by atoms with E-state index in [0.29, 0.717) is 21.0 Å². The molecule has 0 amide bonds. The molecule has 0 radical (unpaired) electrons. The van der Waals surface area contributed by atoms with Gasteiger partial charge in [0.1, 0.15) is 0 Å². The molecule has 0 saturated carbocycles. The van der Waals surface area contributed by atoms with E-state index in [1.165, 1.54) is 18.0 Å². The Kier molecular flexibility index (Phi) is 6.37. The van der Waals surface area contributed by atoms with Crippen LogP contribution in [-0.4, -0.2) is 22.5 Å². The molecule has 2 aromatic carbocycles. The second kappa shape index (κ2) is 8.50. The van der Waals surface area contributed by atoms with Crippen molar-refractivity contribution in [1.29, 1.82) is 0 Å². The predicted octanol–water partition coefficient (Wildman–Crippen LogP) is 3.73. The molecular weight excluding hydrogens is 378 g/mol. The van der Waals surface area contributed by atoms with E-state index in [-0.39, 0.29) is 5.56 Å². The summed E-state index contributed by atoms with van der Waals surface area (Å²) in [5.41, 5.74) is 7.52. The van der Waals surface area contributed by atoms with Gasteiger partial charge in [0.25, 0.3) is 0 Å². The molecule has 118 valence electrons. The number of hydrogen-bond donors (Lipinski definition) is 2. The number of aromatic carboxylic acids is 1. The molecule has 5 nitrogen and oxygen atoms in total. The summed E-state index contributed by atoms with van der Waals surface area (Å²) < 4.78 is 0.490. The van der Waals surface area contributed by atoms with Gasteiger partial charge in [-0.2, -0.15) is 5.10 Å². The lowest BCUT2D eigenvalue weighted by molar-refractivity contribution is 0.0696. The smallest absolute Gasteiger partial charge is 0.337 e. The maximum Gasteiger partial charge on any atom is 0.337 e. The monoisotopic (exact) mass is 391 g/mol. The van der Waals surface area contributed by atoms with Crippen molar-refractivity contribution in [2.24, 2.45) is 15.9 Å². The lowest BCUT2D eigenvalue weighted by atomic mass is 10.1. The van der Waals surface area contributed by atoms with Gasteiger partial charge in [0.05, 0.1) is 11.8 Å². The van der Waals surface area contributed by atoms with Crippen LogP contribution in [-0.2, 0) is 5.75 Å². The molecule has 2 rings (SSSR count). The highest BCUT2D eigenvalue weighted by molar-refractivity contribution is 9.10. The Bertz CT molecular complexity index is 748. The lowest BCUT2D eigenvalue weighted by Gasteiger charge is -2.02. The van der Waals surface area contributed by atoms with Crippen LogP contribution in [0.2, 0.25) is 0 Å². The molecule has 7 heteroatoms. The van der Waals surface area contributed by atoms with Crippen LogP contribution in [0.4, 0.5) is 0 Å². The lowest BCUT2D eigenvalue weighted by Crippen LogP contribution is -2.06. The van der Waals surface area contributed by atoms with E-state index in [1.54, 1.807) is 18.2 Å². The van der Waals surface area contributed by atoms with E-state index in [2.05, 4.69) is 26.1 Å². The van der Waals surface area contributed by atoms with Gasteiger partial charge < -0.3 is 10.8 Å². The summed E-state index contributed by atoms with van der Waals surface area (Å²) in [6.45, 7) is 0. The molecule has 0 bridgehead atoms. The van der Waals surface area contributed by atoms with Gasteiger partial charge in [0.15, 0.2) is 5.17 Å². The number of carboxylic acid groups (broad SMARTS) is 1. The fourth-order valence-electron chi connectivity index (χ4n) is 1.78. The highest BCUT2D eigenvalue weighted by Gasteiger charge is 2.12. The highest BCUT2D eigenvalue weighted by atomic mass is 79.9. The van der Waals surface area contributed by atoms with Crippen LogP contribution in [0.5, 0.6) is 0 Å². The summed E-state index contributed by atoms with van der Waals surface area (Å²) >= 11 is 4.58. The van der Waals surface area contributed by atoms with Crippen LogP contribution >= 0.6 is 27.7 Å². The summed E-state index contributed by atoms with van der Waals surface area (Å²) in [7, 11) is 0. The maximum absolute atomic E-state index is 11.2. The third-order valence-electron chi connectivity index (χ3n) is 2.84. The number of halogens is 1. The topological polar surface area (TPSA) is 88.0 Å². The number of benzene rings is 2. The number of rotatable bonds is 5. The van der Waals surface area contributed by atoms with Crippen LogP contribution in [0.15, 0.2) is 63.2 Å². The van der Waals surface area contributed by atoms with Crippen molar-refractivity contribution < 1.29 is 9.90 Å². The Morgan fingerprint density at radius 3 is 2.65 bits per heavy atom. The van der Waals surface area contributed by atoms with E-state index < -0.39 is 5.97 Å². The molecule has 0 aliphatic heterocycles. The Balaban J connectivity index is 2.03. The van der Waals surface area contributed by atoms with Crippen molar-refractivity contribution in [3.8, 4) is 0 Å².